The van der Waals surface area contributed by atoms with Gasteiger partial charge >= 0.3 is 0 Å². The molecule has 0 aromatic carbocycles. The molecule has 0 aliphatic heterocycles. The van der Waals surface area contributed by atoms with Crippen LogP contribution in [0.5, 0.6) is 0 Å². The Morgan fingerprint density at radius 3 is 3.14 bits per heavy atom. The van der Waals surface area contributed by atoms with Gasteiger partial charge in [0.2, 0.25) is 0 Å². The van der Waals surface area contributed by atoms with Gasteiger partial charge in [-0.15, -0.1) is 0 Å². The highest BCUT2D eigenvalue weighted by atomic mass is 35.5. The number of pyridine rings is 1. The summed E-state index contributed by atoms with van der Waals surface area (Å²) in [5.41, 5.74) is 6.67. The van der Waals surface area contributed by atoms with Crippen molar-refractivity contribution < 1.29 is 0 Å². The van der Waals surface area contributed by atoms with Gasteiger partial charge in [-0.25, -0.2) is 4.98 Å². The van der Waals surface area contributed by atoms with Crippen molar-refractivity contribution in [2.45, 2.75) is 19.5 Å². The summed E-state index contributed by atoms with van der Waals surface area (Å²) in [6, 6.07) is 4.03. The number of nitrogens with zero attached hydrogens (tertiary/aromatic N) is 2. The average molecular weight is 210 g/mol. The summed E-state index contributed by atoms with van der Waals surface area (Å²) in [7, 11) is 0. The van der Waals surface area contributed by atoms with Gasteiger partial charge in [-0.1, -0.05) is 11.6 Å². The van der Waals surface area contributed by atoms with Gasteiger partial charge in [-0.2, -0.15) is 0 Å². The first kappa shape index (κ1) is 9.49. The van der Waals surface area contributed by atoms with E-state index in [1.165, 1.54) is 0 Å². The summed E-state index contributed by atoms with van der Waals surface area (Å²) in [4.78, 5) is 4.27. The SMILES string of the molecule is CC(N)Cn1ccc2cc(Cl)cnc21. The summed E-state index contributed by atoms with van der Waals surface area (Å²) >= 11 is 5.84. The van der Waals surface area contributed by atoms with Crippen molar-refractivity contribution in [3.63, 3.8) is 0 Å². The van der Waals surface area contributed by atoms with Crippen molar-refractivity contribution in [1.29, 1.82) is 0 Å². The minimum Gasteiger partial charge on any atom is -0.331 e. The third-order valence-corrected chi connectivity index (χ3v) is 2.26. The first-order valence-electron chi connectivity index (χ1n) is 4.53. The second kappa shape index (κ2) is 3.59. The highest BCUT2D eigenvalue weighted by Gasteiger charge is 2.04. The molecule has 2 rings (SSSR count). The van der Waals surface area contributed by atoms with Crippen molar-refractivity contribution in [3.05, 3.63) is 29.5 Å². The smallest absolute Gasteiger partial charge is 0.139 e. The molecule has 0 bridgehead atoms. The van der Waals surface area contributed by atoms with Crippen LogP contribution in [0.1, 0.15) is 6.92 Å². The molecule has 0 aliphatic carbocycles. The Balaban J connectivity index is 2.47. The molecule has 1 unspecified atom stereocenters. The topological polar surface area (TPSA) is 43.8 Å². The number of aromatic nitrogens is 2. The zero-order valence-electron chi connectivity index (χ0n) is 7.94. The molecular formula is C10H12ClN3. The monoisotopic (exact) mass is 209 g/mol. The maximum Gasteiger partial charge on any atom is 0.139 e. The van der Waals surface area contributed by atoms with Crippen molar-refractivity contribution in [1.82, 2.24) is 9.55 Å². The molecule has 4 heteroatoms. The number of fused-ring (bicyclic) bond motifs is 1. The van der Waals surface area contributed by atoms with E-state index in [0.29, 0.717) is 5.02 Å². The molecule has 0 saturated carbocycles. The van der Waals surface area contributed by atoms with Gasteiger partial charge in [0, 0.05) is 30.4 Å². The van der Waals surface area contributed by atoms with E-state index in [9.17, 15) is 0 Å². The molecular weight excluding hydrogens is 198 g/mol. The summed E-state index contributed by atoms with van der Waals surface area (Å²) in [5.74, 6) is 0. The molecule has 3 nitrogen and oxygen atoms in total. The second-order valence-electron chi connectivity index (χ2n) is 3.51. The van der Waals surface area contributed by atoms with Gasteiger partial charge in [-0.3, -0.25) is 0 Å². The van der Waals surface area contributed by atoms with E-state index in [1.807, 2.05) is 29.8 Å². The van der Waals surface area contributed by atoms with Crippen molar-refractivity contribution in [2.75, 3.05) is 0 Å². The molecule has 74 valence electrons. The highest BCUT2D eigenvalue weighted by molar-refractivity contribution is 6.31. The zero-order chi connectivity index (χ0) is 10.1. The predicted octanol–water partition coefficient (Wildman–Crippen LogP) is 2.04. The third-order valence-electron chi connectivity index (χ3n) is 2.05. The van der Waals surface area contributed by atoms with Crippen LogP contribution in [0.2, 0.25) is 5.02 Å². The number of rotatable bonds is 2. The van der Waals surface area contributed by atoms with E-state index in [-0.39, 0.29) is 6.04 Å². The number of halogens is 1. The molecule has 14 heavy (non-hydrogen) atoms. The lowest BCUT2D eigenvalue weighted by Crippen LogP contribution is -2.21. The summed E-state index contributed by atoms with van der Waals surface area (Å²) in [6.45, 7) is 2.75. The Labute approximate surface area is 87.5 Å². The number of hydrogen-bond acceptors (Lipinski definition) is 2. The van der Waals surface area contributed by atoms with Crippen LogP contribution in [-0.2, 0) is 6.54 Å². The second-order valence-corrected chi connectivity index (χ2v) is 3.95. The summed E-state index contributed by atoms with van der Waals surface area (Å²) in [5, 5.41) is 1.72. The van der Waals surface area contributed by atoms with Crippen molar-refractivity contribution in [3.8, 4) is 0 Å². The maximum atomic E-state index is 5.84. The van der Waals surface area contributed by atoms with Crippen LogP contribution in [0.4, 0.5) is 0 Å². The molecule has 1 atom stereocenters. The van der Waals surface area contributed by atoms with Gasteiger partial charge in [-0.05, 0) is 19.1 Å². The first-order valence-corrected chi connectivity index (χ1v) is 4.90. The minimum atomic E-state index is 0.128. The van der Waals surface area contributed by atoms with Crippen molar-refractivity contribution in [2.24, 2.45) is 5.73 Å². The molecule has 0 amide bonds. The normalized spacial score (nSPS) is 13.4. The van der Waals surface area contributed by atoms with Crippen LogP contribution in [-0.4, -0.2) is 15.6 Å². The summed E-state index contributed by atoms with van der Waals surface area (Å²) < 4.78 is 2.04. The molecule has 2 N–H and O–H groups in total. The van der Waals surface area contributed by atoms with E-state index in [1.54, 1.807) is 6.20 Å². The lowest BCUT2D eigenvalue weighted by molar-refractivity contribution is 0.602. The molecule has 2 heterocycles. The Morgan fingerprint density at radius 2 is 2.43 bits per heavy atom. The maximum absolute atomic E-state index is 5.84. The van der Waals surface area contributed by atoms with E-state index in [0.717, 1.165) is 17.6 Å². The highest BCUT2D eigenvalue weighted by Crippen LogP contribution is 2.17. The number of nitrogens with two attached hydrogens (primary N) is 1. The van der Waals surface area contributed by atoms with Crippen LogP contribution in [0.3, 0.4) is 0 Å². The molecule has 0 radical (unpaired) electrons. The lowest BCUT2D eigenvalue weighted by Gasteiger charge is -2.07. The van der Waals surface area contributed by atoms with Crippen LogP contribution in [0.25, 0.3) is 11.0 Å². The molecule has 0 fully saturated rings. The fourth-order valence-corrected chi connectivity index (χ4v) is 1.68. The Hall–Kier alpha value is -1.06. The first-order chi connectivity index (χ1) is 6.66. The van der Waals surface area contributed by atoms with Crippen LogP contribution >= 0.6 is 11.6 Å². The van der Waals surface area contributed by atoms with E-state index in [4.69, 9.17) is 17.3 Å². The Morgan fingerprint density at radius 1 is 1.64 bits per heavy atom. The minimum absolute atomic E-state index is 0.128. The van der Waals surface area contributed by atoms with Gasteiger partial charge < -0.3 is 10.3 Å². The number of hydrogen-bond donors (Lipinski definition) is 1. The van der Waals surface area contributed by atoms with E-state index < -0.39 is 0 Å². The van der Waals surface area contributed by atoms with Gasteiger partial charge in [0.05, 0.1) is 5.02 Å². The van der Waals surface area contributed by atoms with Gasteiger partial charge in [0.1, 0.15) is 5.65 Å². The van der Waals surface area contributed by atoms with E-state index in [2.05, 4.69) is 4.98 Å². The molecule has 0 spiro atoms. The zero-order valence-corrected chi connectivity index (χ0v) is 8.70. The summed E-state index contributed by atoms with van der Waals surface area (Å²) in [6.07, 6.45) is 3.64. The molecule has 2 aromatic rings. The van der Waals surface area contributed by atoms with E-state index >= 15 is 0 Å². The predicted molar refractivity (Wildman–Crippen MR) is 58.4 cm³/mol. The largest absolute Gasteiger partial charge is 0.331 e. The molecule has 2 aromatic heterocycles. The Kier molecular flexibility index (Phi) is 2.44. The van der Waals surface area contributed by atoms with Crippen LogP contribution in [0.15, 0.2) is 24.5 Å². The lowest BCUT2D eigenvalue weighted by atomic mass is 10.3. The van der Waals surface area contributed by atoms with Gasteiger partial charge in [0.25, 0.3) is 0 Å². The standard InChI is InChI=1S/C10H12ClN3/c1-7(12)6-14-3-2-8-4-9(11)5-13-10(8)14/h2-5,7H,6,12H2,1H3. The third kappa shape index (κ3) is 1.74. The van der Waals surface area contributed by atoms with Crippen molar-refractivity contribution >= 4 is 22.6 Å². The van der Waals surface area contributed by atoms with Crippen LogP contribution < -0.4 is 5.73 Å². The Bertz CT molecular complexity index is 448. The molecule has 0 saturated heterocycles. The molecule has 0 aliphatic rings. The van der Waals surface area contributed by atoms with Gasteiger partial charge in [0.15, 0.2) is 0 Å². The fourth-order valence-electron chi connectivity index (χ4n) is 1.51. The fraction of sp³-hybridized carbons (Fsp3) is 0.300. The van der Waals surface area contributed by atoms with Crippen LogP contribution in [0, 0.1) is 0 Å². The quantitative estimate of drug-likeness (QED) is 0.823. The average Bonchev–Trinajstić information content (AvgIpc) is 2.47.